The molecule has 0 spiro atoms. The summed E-state index contributed by atoms with van der Waals surface area (Å²) >= 11 is 5.60. The van der Waals surface area contributed by atoms with Crippen LogP contribution in [0, 0.1) is 0 Å². The molecule has 0 radical (unpaired) electrons. The van der Waals surface area contributed by atoms with E-state index < -0.39 is 0 Å². The zero-order chi connectivity index (χ0) is 11.5. The summed E-state index contributed by atoms with van der Waals surface area (Å²) in [5.41, 5.74) is 0. The van der Waals surface area contributed by atoms with Crippen LogP contribution >= 0.6 is 11.6 Å². The Morgan fingerprint density at radius 2 is 2.38 bits per heavy atom. The Kier molecular flexibility index (Phi) is 3.51. The van der Waals surface area contributed by atoms with E-state index in [1.165, 1.54) is 0 Å². The molecule has 0 aromatic carbocycles. The van der Waals surface area contributed by atoms with Gasteiger partial charge in [0.05, 0.1) is 6.10 Å². The van der Waals surface area contributed by atoms with Gasteiger partial charge in [0, 0.05) is 12.6 Å². The van der Waals surface area contributed by atoms with Crippen molar-refractivity contribution in [2.75, 3.05) is 6.61 Å². The van der Waals surface area contributed by atoms with E-state index in [1.807, 2.05) is 6.92 Å². The maximum atomic E-state index is 11.7. The third-order valence-electron chi connectivity index (χ3n) is 2.62. The number of amides is 1. The number of ether oxygens (including phenoxy) is 1. The number of hydrogen-bond acceptors (Lipinski definition) is 3. The zero-order valence-corrected chi connectivity index (χ0v) is 9.79. The maximum absolute atomic E-state index is 11.7. The van der Waals surface area contributed by atoms with Crippen molar-refractivity contribution in [1.29, 1.82) is 0 Å². The van der Waals surface area contributed by atoms with Crippen LogP contribution < -0.4 is 5.32 Å². The Balaban J connectivity index is 1.92. The molecule has 1 aliphatic rings. The van der Waals surface area contributed by atoms with E-state index in [4.69, 9.17) is 20.8 Å². The SMILES string of the molecule is CC1CC(NC(=O)c2ccc(Cl)o2)CCO1. The Morgan fingerprint density at radius 1 is 1.56 bits per heavy atom. The highest BCUT2D eigenvalue weighted by molar-refractivity contribution is 6.29. The van der Waals surface area contributed by atoms with Crippen LogP contribution in [0.25, 0.3) is 0 Å². The highest BCUT2D eigenvalue weighted by Gasteiger charge is 2.22. The van der Waals surface area contributed by atoms with E-state index in [0.29, 0.717) is 6.61 Å². The molecule has 1 aromatic rings. The molecule has 5 heteroatoms. The van der Waals surface area contributed by atoms with Crippen LogP contribution in [-0.2, 0) is 4.74 Å². The van der Waals surface area contributed by atoms with Crippen LogP contribution in [0.15, 0.2) is 16.5 Å². The molecule has 2 atom stereocenters. The molecule has 88 valence electrons. The molecule has 0 saturated carbocycles. The van der Waals surface area contributed by atoms with Gasteiger partial charge in [0.15, 0.2) is 11.0 Å². The number of furan rings is 1. The van der Waals surface area contributed by atoms with Gasteiger partial charge in [-0.1, -0.05) is 0 Å². The predicted molar refractivity (Wildman–Crippen MR) is 59.6 cm³/mol. The first-order chi connectivity index (χ1) is 7.65. The van der Waals surface area contributed by atoms with Gasteiger partial charge in [-0.25, -0.2) is 0 Å². The van der Waals surface area contributed by atoms with Crippen LogP contribution in [0.1, 0.15) is 30.3 Å². The van der Waals surface area contributed by atoms with Gasteiger partial charge in [0.1, 0.15) is 0 Å². The van der Waals surface area contributed by atoms with Gasteiger partial charge in [-0.15, -0.1) is 0 Å². The smallest absolute Gasteiger partial charge is 0.287 e. The van der Waals surface area contributed by atoms with Gasteiger partial charge >= 0.3 is 0 Å². The van der Waals surface area contributed by atoms with E-state index in [2.05, 4.69) is 5.32 Å². The van der Waals surface area contributed by atoms with E-state index in [1.54, 1.807) is 12.1 Å². The molecule has 4 nitrogen and oxygen atoms in total. The fraction of sp³-hybridized carbons (Fsp3) is 0.545. The quantitative estimate of drug-likeness (QED) is 0.867. The van der Waals surface area contributed by atoms with Crippen molar-refractivity contribution >= 4 is 17.5 Å². The Bertz CT molecular complexity index is 377. The van der Waals surface area contributed by atoms with E-state index in [0.717, 1.165) is 12.8 Å². The van der Waals surface area contributed by atoms with Crippen molar-refractivity contribution < 1.29 is 13.9 Å². The molecule has 1 fully saturated rings. The minimum atomic E-state index is -0.217. The van der Waals surface area contributed by atoms with Crippen molar-refractivity contribution in [2.24, 2.45) is 0 Å². The second-order valence-electron chi connectivity index (χ2n) is 3.98. The molecule has 0 aliphatic carbocycles. The van der Waals surface area contributed by atoms with Gasteiger partial charge in [-0.2, -0.15) is 0 Å². The first kappa shape index (κ1) is 11.5. The first-order valence-electron chi connectivity index (χ1n) is 5.33. The third-order valence-corrected chi connectivity index (χ3v) is 2.82. The standard InChI is InChI=1S/C11H14ClNO3/c1-7-6-8(4-5-15-7)13-11(14)9-2-3-10(12)16-9/h2-3,7-8H,4-6H2,1H3,(H,13,14). The van der Waals surface area contributed by atoms with Crippen molar-refractivity contribution in [3.8, 4) is 0 Å². The molecule has 1 aromatic heterocycles. The highest BCUT2D eigenvalue weighted by Crippen LogP contribution is 2.16. The van der Waals surface area contributed by atoms with Crippen molar-refractivity contribution in [3.63, 3.8) is 0 Å². The lowest BCUT2D eigenvalue weighted by Gasteiger charge is -2.27. The van der Waals surface area contributed by atoms with Gasteiger partial charge in [-0.05, 0) is 43.5 Å². The Labute approximate surface area is 98.9 Å². The number of carbonyl (C=O) groups excluding carboxylic acids is 1. The third kappa shape index (κ3) is 2.77. The molecular formula is C11H14ClNO3. The molecule has 1 aliphatic heterocycles. The molecular weight excluding hydrogens is 230 g/mol. The largest absolute Gasteiger partial charge is 0.440 e. The predicted octanol–water partition coefficient (Wildman–Crippen LogP) is 2.23. The monoisotopic (exact) mass is 243 g/mol. The second-order valence-corrected chi connectivity index (χ2v) is 4.35. The summed E-state index contributed by atoms with van der Waals surface area (Å²) in [6.07, 6.45) is 1.87. The molecule has 0 bridgehead atoms. The molecule has 2 heterocycles. The summed E-state index contributed by atoms with van der Waals surface area (Å²) in [7, 11) is 0. The average Bonchev–Trinajstić information content (AvgIpc) is 2.65. The lowest BCUT2D eigenvalue weighted by atomic mass is 10.0. The van der Waals surface area contributed by atoms with E-state index in [9.17, 15) is 4.79 Å². The number of rotatable bonds is 2. The number of hydrogen-bond donors (Lipinski definition) is 1. The van der Waals surface area contributed by atoms with Crippen LogP contribution in [-0.4, -0.2) is 24.7 Å². The summed E-state index contributed by atoms with van der Waals surface area (Å²) in [6, 6.07) is 3.28. The van der Waals surface area contributed by atoms with Crippen LogP contribution in [0.4, 0.5) is 0 Å². The summed E-state index contributed by atoms with van der Waals surface area (Å²) in [6.45, 7) is 2.69. The number of nitrogens with one attached hydrogen (secondary N) is 1. The van der Waals surface area contributed by atoms with Crippen molar-refractivity contribution in [3.05, 3.63) is 23.1 Å². The van der Waals surface area contributed by atoms with Crippen LogP contribution in [0.3, 0.4) is 0 Å². The summed E-state index contributed by atoms with van der Waals surface area (Å²) in [5, 5.41) is 3.13. The fourth-order valence-electron chi connectivity index (χ4n) is 1.82. The summed E-state index contributed by atoms with van der Waals surface area (Å²) in [4.78, 5) is 11.7. The van der Waals surface area contributed by atoms with Gasteiger partial charge in [-0.3, -0.25) is 4.79 Å². The molecule has 2 unspecified atom stereocenters. The summed E-state index contributed by atoms with van der Waals surface area (Å²) < 4.78 is 10.4. The topological polar surface area (TPSA) is 51.5 Å². The van der Waals surface area contributed by atoms with E-state index >= 15 is 0 Å². The fourth-order valence-corrected chi connectivity index (χ4v) is 1.97. The summed E-state index contributed by atoms with van der Waals surface area (Å²) in [5.74, 6) is 0.0372. The molecule has 2 rings (SSSR count). The highest BCUT2D eigenvalue weighted by atomic mass is 35.5. The lowest BCUT2D eigenvalue weighted by Crippen LogP contribution is -2.41. The van der Waals surface area contributed by atoms with Crippen LogP contribution in [0.5, 0.6) is 0 Å². The van der Waals surface area contributed by atoms with Gasteiger partial charge in [0.25, 0.3) is 5.91 Å². The Hall–Kier alpha value is -1.00. The number of carbonyl (C=O) groups is 1. The molecule has 16 heavy (non-hydrogen) atoms. The lowest BCUT2D eigenvalue weighted by molar-refractivity contribution is 0.0134. The molecule has 1 saturated heterocycles. The average molecular weight is 244 g/mol. The van der Waals surface area contributed by atoms with Gasteiger partial charge < -0.3 is 14.5 Å². The molecule has 1 N–H and O–H groups in total. The van der Waals surface area contributed by atoms with E-state index in [-0.39, 0.29) is 29.0 Å². The normalized spacial score (nSPS) is 25.4. The zero-order valence-electron chi connectivity index (χ0n) is 9.03. The molecule has 1 amide bonds. The minimum Gasteiger partial charge on any atom is -0.440 e. The first-order valence-corrected chi connectivity index (χ1v) is 5.71. The van der Waals surface area contributed by atoms with Gasteiger partial charge in [0.2, 0.25) is 0 Å². The maximum Gasteiger partial charge on any atom is 0.287 e. The van der Waals surface area contributed by atoms with Crippen LogP contribution in [0.2, 0.25) is 5.22 Å². The van der Waals surface area contributed by atoms with Crippen molar-refractivity contribution in [2.45, 2.75) is 31.9 Å². The van der Waals surface area contributed by atoms with Crippen molar-refractivity contribution in [1.82, 2.24) is 5.32 Å². The second kappa shape index (κ2) is 4.89. The number of halogens is 1. The minimum absolute atomic E-state index is 0.153. The Morgan fingerprint density at radius 3 is 3.00 bits per heavy atom.